The third-order valence-electron chi connectivity index (χ3n) is 4.68. The van der Waals surface area contributed by atoms with E-state index < -0.39 is 17.6 Å². The molecule has 28 heavy (non-hydrogen) atoms. The normalized spacial score (nSPS) is 15.7. The third kappa shape index (κ3) is 3.91. The highest BCUT2D eigenvalue weighted by atomic mass is 35.5. The molecule has 2 unspecified atom stereocenters. The van der Waals surface area contributed by atoms with Gasteiger partial charge in [-0.15, -0.1) is 0 Å². The van der Waals surface area contributed by atoms with E-state index in [9.17, 15) is 13.6 Å². The van der Waals surface area contributed by atoms with E-state index in [-0.39, 0.29) is 12.5 Å². The van der Waals surface area contributed by atoms with Gasteiger partial charge < -0.3 is 4.90 Å². The largest absolute Gasteiger partial charge is 0.334 e. The molecule has 0 N–H and O–H groups in total. The molecule has 0 saturated carbocycles. The lowest BCUT2D eigenvalue weighted by atomic mass is 9.97. The molecule has 0 aliphatic carbocycles. The van der Waals surface area contributed by atoms with Crippen LogP contribution in [0.2, 0.25) is 5.02 Å². The Morgan fingerprint density at radius 2 is 2.04 bits per heavy atom. The average molecular weight is 421 g/mol. The number of carbonyl (C=O) groups excluding carboxylic acids is 1. The number of aromatic nitrogens is 3. The highest BCUT2D eigenvalue weighted by molar-refractivity contribution is 7.47. The fourth-order valence-electron chi connectivity index (χ4n) is 3.33. The standard InChI is InChI=1S/C19H16ClF2N4OP/c20-13-1-3-16-18(5-13)28-11-25(19(16)27)7-12(8-26-10-23-9-24-26)15-4-2-14(21)6-17(15)22/h1-6,9-10,12,28H,7-8,11H2. The number of fused-ring (bicyclic) bond motifs is 1. The van der Waals surface area contributed by atoms with Gasteiger partial charge in [-0.2, -0.15) is 5.10 Å². The zero-order valence-corrected chi connectivity index (χ0v) is 16.4. The molecule has 0 fully saturated rings. The number of amides is 1. The lowest BCUT2D eigenvalue weighted by Gasteiger charge is -2.32. The van der Waals surface area contributed by atoms with E-state index in [0.717, 1.165) is 11.4 Å². The first-order valence-corrected chi connectivity index (χ1v) is 10.2. The van der Waals surface area contributed by atoms with Gasteiger partial charge in [-0.05, 0) is 35.1 Å². The molecule has 144 valence electrons. The van der Waals surface area contributed by atoms with Gasteiger partial charge in [0.2, 0.25) is 0 Å². The predicted molar refractivity (Wildman–Crippen MR) is 104 cm³/mol. The quantitative estimate of drug-likeness (QED) is 0.594. The van der Waals surface area contributed by atoms with Gasteiger partial charge in [-0.25, -0.2) is 13.8 Å². The molecule has 0 bridgehead atoms. The van der Waals surface area contributed by atoms with Gasteiger partial charge in [0.25, 0.3) is 5.91 Å². The minimum atomic E-state index is -0.637. The molecule has 1 amide bonds. The first-order chi connectivity index (χ1) is 13.5. The van der Waals surface area contributed by atoms with Crippen LogP contribution in [0.4, 0.5) is 8.78 Å². The molecule has 0 radical (unpaired) electrons. The van der Waals surface area contributed by atoms with Crippen LogP contribution in [-0.2, 0) is 6.54 Å². The Bertz CT molecular complexity index is 1020. The molecule has 2 heterocycles. The van der Waals surface area contributed by atoms with E-state index in [1.54, 1.807) is 21.7 Å². The summed E-state index contributed by atoms with van der Waals surface area (Å²) in [6.45, 7) is 0.610. The van der Waals surface area contributed by atoms with Crippen LogP contribution in [0.5, 0.6) is 0 Å². The topological polar surface area (TPSA) is 51.0 Å². The minimum Gasteiger partial charge on any atom is -0.334 e. The van der Waals surface area contributed by atoms with Gasteiger partial charge in [-0.3, -0.25) is 9.48 Å². The summed E-state index contributed by atoms with van der Waals surface area (Å²) in [5.74, 6) is -1.78. The summed E-state index contributed by atoms with van der Waals surface area (Å²) in [6, 6.07) is 8.75. The van der Waals surface area contributed by atoms with Crippen LogP contribution in [0, 0.1) is 11.6 Å². The van der Waals surface area contributed by atoms with E-state index in [4.69, 9.17) is 11.6 Å². The maximum Gasteiger partial charge on any atom is 0.254 e. The summed E-state index contributed by atoms with van der Waals surface area (Å²) < 4.78 is 29.4. The van der Waals surface area contributed by atoms with E-state index in [0.29, 0.717) is 37.6 Å². The Kier molecular flexibility index (Phi) is 5.38. The summed E-state index contributed by atoms with van der Waals surface area (Å²) in [6.07, 6.45) is 3.46. The molecule has 0 spiro atoms. The maximum atomic E-state index is 14.5. The number of hydrogen-bond acceptors (Lipinski definition) is 3. The van der Waals surface area contributed by atoms with E-state index >= 15 is 0 Å². The zero-order chi connectivity index (χ0) is 19.7. The molecule has 2 aromatic carbocycles. The molecule has 3 aromatic rings. The Morgan fingerprint density at radius 3 is 2.79 bits per heavy atom. The second kappa shape index (κ2) is 7.94. The van der Waals surface area contributed by atoms with Gasteiger partial charge in [0.15, 0.2) is 0 Å². The summed E-state index contributed by atoms with van der Waals surface area (Å²) in [4.78, 5) is 18.6. The SMILES string of the molecule is O=C1c2ccc(Cl)cc2PCN1CC(Cn1cncn1)c1ccc(F)cc1F. The third-order valence-corrected chi connectivity index (χ3v) is 6.25. The number of halogens is 3. The molecular weight excluding hydrogens is 405 g/mol. The van der Waals surface area contributed by atoms with Crippen molar-refractivity contribution < 1.29 is 13.6 Å². The van der Waals surface area contributed by atoms with Gasteiger partial charge in [0.1, 0.15) is 24.3 Å². The van der Waals surface area contributed by atoms with Crippen LogP contribution in [0.15, 0.2) is 49.1 Å². The van der Waals surface area contributed by atoms with Crippen molar-refractivity contribution in [1.82, 2.24) is 19.7 Å². The van der Waals surface area contributed by atoms with Crippen molar-refractivity contribution in [1.29, 1.82) is 0 Å². The van der Waals surface area contributed by atoms with Crippen molar-refractivity contribution in [3.8, 4) is 0 Å². The van der Waals surface area contributed by atoms with Crippen LogP contribution in [0.25, 0.3) is 0 Å². The monoisotopic (exact) mass is 420 g/mol. The Hall–Kier alpha value is -2.37. The van der Waals surface area contributed by atoms with Crippen LogP contribution in [-0.4, -0.2) is 38.4 Å². The number of carbonyl (C=O) groups is 1. The van der Waals surface area contributed by atoms with Crippen LogP contribution in [0.1, 0.15) is 21.8 Å². The lowest BCUT2D eigenvalue weighted by Crippen LogP contribution is -2.40. The van der Waals surface area contributed by atoms with E-state index in [1.165, 1.54) is 24.8 Å². The van der Waals surface area contributed by atoms with Gasteiger partial charge in [0.05, 0.1) is 6.54 Å². The first kappa shape index (κ1) is 19.0. The molecule has 0 saturated heterocycles. The van der Waals surface area contributed by atoms with E-state index in [2.05, 4.69) is 10.1 Å². The summed E-state index contributed by atoms with van der Waals surface area (Å²) in [5.41, 5.74) is 0.961. The number of nitrogens with zero attached hydrogens (tertiary/aromatic N) is 4. The number of rotatable bonds is 5. The van der Waals surface area contributed by atoms with E-state index in [1.807, 2.05) is 6.07 Å². The van der Waals surface area contributed by atoms with Crippen LogP contribution < -0.4 is 5.30 Å². The molecule has 5 nitrogen and oxygen atoms in total. The van der Waals surface area contributed by atoms with Crippen molar-refractivity contribution in [3.63, 3.8) is 0 Å². The summed E-state index contributed by atoms with van der Waals surface area (Å²) in [5, 5.41) is 5.62. The molecule has 1 aromatic heterocycles. The zero-order valence-electron chi connectivity index (χ0n) is 14.6. The highest BCUT2D eigenvalue weighted by Crippen LogP contribution is 2.29. The molecule has 9 heteroatoms. The van der Waals surface area contributed by atoms with Crippen molar-refractivity contribution >= 4 is 31.4 Å². The predicted octanol–water partition coefficient (Wildman–Crippen LogP) is 3.41. The van der Waals surface area contributed by atoms with Crippen LogP contribution >= 0.6 is 20.2 Å². The second-order valence-electron chi connectivity index (χ2n) is 6.53. The summed E-state index contributed by atoms with van der Waals surface area (Å²) in [7, 11) is 0.394. The fourth-order valence-corrected chi connectivity index (χ4v) is 4.86. The number of hydrogen-bond donors (Lipinski definition) is 0. The molecular formula is C19H16ClF2N4OP. The summed E-state index contributed by atoms with van der Waals surface area (Å²) >= 11 is 6.03. The molecule has 2 atom stereocenters. The lowest BCUT2D eigenvalue weighted by molar-refractivity contribution is 0.0769. The van der Waals surface area contributed by atoms with Crippen molar-refractivity contribution in [2.45, 2.75) is 12.5 Å². The van der Waals surface area contributed by atoms with Crippen molar-refractivity contribution in [2.24, 2.45) is 0 Å². The fraction of sp³-hybridized carbons (Fsp3) is 0.211. The minimum absolute atomic E-state index is 0.114. The van der Waals surface area contributed by atoms with Crippen molar-refractivity contribution in [2.75, 3.05) is 12.8 Å². The smallest absolute Gasteiger partial charge is 0.254 e. The maximum absolute atomic E-state index is 14.5. The van der Waals surface area contributed by atoms with Crippen molar-refractivity contribution in [3.05, 3.63) is 76.8 Å². The van der Waals surface area contributed by atoms with Gasteiger partial charge in [0, 0.05) is 35.4 Å². The Morgan fingerprint density at radius 1 is 1.18 bits per heavy atom. The average Bonchev–Trinajstić information content (AvgIpc) is 3.16. The second-order valence-corrected chi connectivity index (χ2v) is 8.18. The Balaban J connectivity index is 1.62. The first-order valence-electron chi connectivity index (χ1n) is 8.61. The molecule has 1 aliphatic heterocycles. The Labute approximate surface area is 167 Å². The molecule has 1 aliphatic rings. The molecule has 4 rings (SSSR count). The number of benzene rings is 2. The highest BCUT2D eigenvalue weighted by Gasteiger charge is 2.28. The van der Waals surface area contributed by atoms with Gasteiger partial charge in [-0.1, -0.05) is 26.2 Å². The van der Waals surface area contributed by atoms with Gasteiger partial charge >= 0.3 is 0 Å². The van der Waals surface area contributed by atoms with Crippen LogP contribution in [0.3, 0.4) is 0 Å².